The van der Waals surface area contributed by atoms with Crippen LogP contribution in [0.1, 0.15) is 32.9 Å². The normalized spacial score (nSPS) is 22.9. The van der Waals surface area contributed by atoms with Gasteiger partial charge in [-0.05, 0) is 20.8 Å². The van der Waals surface area contributed by atoms with Crippen LogP contribution in [0.2, 0.25) is 0 Å². The van der Waals surface area contributed by atoms with Crippen molar-refractivity contribution in [2.75, 3.05) is 24.7 Å². The molecular weight excluding hydrogens is 276 g/mol. The number of ether oxygens (including phenoxy) is 2. The van der Waals surface area contributed by atoms with E-state index in [-0.39, 0.29) is 12.1 Å². The number of anilines is 1. The molecule has 0 aromatic carbocycles. The van der Waals surface area contributed by atoms with E-state index in [0.717, 1.165) is 24.0 Å². The third-order valence-electron chi connectivity index (χ3n) is 3.28. The molecule has 0 amide bonds. The molecule has 0 saturated carbocycles. The summed E-state index contributed by atoms with van der Waals surface area (Å²) >= 11 is 1.63. The standard InChI is InChI=1S/C14H22N2O3S/c1-4-18-13(17)6-5-12-9-20-14(15-12)16-7-11(3)19-8-10(16)2/h9-11H,4-8H2,1-3H3. The van der Waals surface area contributed by atoms with Crippen LogP contribution in [0.3, 0.4) is 0 Å². The van der Waals surface area contributed by atoms with E-state index in [9.17, 15) is 4.79 Å². The third kappa shape index (κ3) is 3.93. The lowest BCUT2D eigenvalue weighted by atomic mass is 10.2. The van der Waals surface area contributed by atoms with Gasteiger partial charge in [-0.25, -0.2) is 4.98 Å². The Balaban J connectivity index is 1.92. The molecule has 1 aromatic rings. The number of nitrogens with zero attached hydrogens (tertiary/aromatic N) is 2. The van der Waals surface area contributed by atoms with Crippen molar-refractivity contribution in [1.82, 2.24) is 4.98 Å². The molecule has 1 saturated heterocycles. The number of hydrogen-bond donors (Lipinski definition) is 0. The highest BCUT2D eigenvalue weighted by molar-refractivity contribution is 7.13. The first-order valence-electron chi connectivity index (χ1n) is 7.08. The van der Waals surface area contributed by atoms with Crippen molar-refractivity contribution >= 4 is 22.4 Å². The van der Waals surface area contributed by atoms with Gasteiger partial charge in [-0.3, -0.25) is 4.79 Å². The van der Waals surface area contributed by atoms with Gasteiger partial charge in [-0.2, -0.15) is 0 Å². The summed E-state index contributed by atoms with van der Waals surface area (Å²) in [6.45, 7) is 8.08. The first-order valence-corrected chi connectivity index (χ1v) is 7.96. The lowest BCUT2D eigenvalue weighted by Crippen LogP contribution is -2.47. The molecule has 0 radical (unpaired) electrons. The van der Waals surface area contributed by atoms with Gasteiger partial charge < -0.3 is 14.4 Å². The molecule has 1 fully saturated rings. The second-order valence-corrected chi connectivity index (χ2v) is 5.91. The lowest BCUT2D eigenvalue weighted by Gasteiger charge is -2.36. The predicted molar refractivity (Wildman–Crippen MR) is 79.3 cm³/mol. The number of hydrogen-bond acceptors (Lipinski definition) is 6. The van der Waals surface area contributed by atoms with Crippen molar-refractivity contribution in [2.24, 2.45) is 0 Å². The Bertz CT molecular complexity index is 449. The van der Waals surface area contributed by atoms with Crippen molar-refractivity contribution < 1.29 is 14.3 Å². The average Bonchev–Trinajstić information content (AvgIpc) is 2.88. The van der Waals surface area contributed by atoms with Crippen LogP contribution in [0.5, 0.6) is 0 Å². The van der Waals surface area contributed by atoms with Crippen LogP contribution in [-0.4, -0.2) is 42.9 Å². The summed E-state index contributed by atoms with van der Waals surface area (Å²) in [4.78, 5) is 18.3. The lowest BCUT2D eigenvalue weighted by molar-refractivity contribution is -0.143. The molecule has 0 N–H and O–H groups in total. The Morgan fingerprint density at radius 1 is 1.60 bits per heavy atom. The number of carbonyl (C=O) groups is 1. The van der Waals surface area contributed by atoms with Crippen LogP contribution < -0.4 is 4.90 Å². The quantitative estimate of drug-likeness (QED) is 0.780. The SMILES string of the molecule is CCOC(=O)CCc1csc(N2CC(C)OCC2C)n1. The van der Waals surface area contributed by atoms with E-state index in [2.05, 4.69) is 23.7 Å². The van der Waals surface area contributed by atoms with Crippen molar-refractivity contribution in [2.45, 2.75) is 45.8 Å². The molecule has 112 valence electrons. The summed E-state index contributed by atoms with van der Waals surface area (Å²) in [5.74, 6) is -0.157. The van der Waals surface area contributed by atoms with Gasteiger partial charge in [0.1, 0.15) is 0 Å². The van der Waals surface area contributed by atoms with E-state index in [4.69, 9.17) is 9.47 Å². The van der Waals surface area contributed by atoms with E-state index in [1.807, 2.05) is 12.3 Å². The number of rotatable bonds is 5. The second kappa shape index (κ2) is 7.04. The van der Waals surface area contributed by atoms with Crippen molar-refractivity contribution in [1.29, 1.82) is 0 Å². The molecule has 0 bridgehead atoms. The zero-order valence-electron chi connectivity index (χ0n) is 12.3. The number of aryl methyl sites for hydroxylation is 1. The molecule has 0 spiro atoms. The van der Waals surface area contributed by atoms with Gasteiger partial charge in [0.05, 0.1) is 37.5 Å². The summed E-state index contributed by atoms with van der Waals surface area (Å²) in [6, 6.07) is 0.343. The van der Waals surface area contributed by atoms with E-state index < -0.39 is 0 Å². The molecule has 0 aliphatic carbocycles. The van der Waals surface area contributed by atoms with Crippen LogP contribution in [-0.2, 0) is 20.7 Å². The summed E-state index contributed by atoms with van der Waals surface area (Å²) in [5, 5.41) is 3.05. The van der Waals surface area contributed by atoms with Gasteiger partial charge >= 0.3 is 5.97 Å². The Morgan fingerprint density at radius 2 is 2.40 bits per heavy atom. The number of carbonyl (C=O) groups excluding carboxylic acids is 1. The van der Waals surface area contributed by atoms with Gasteiger partial charge in [0, 0.05) is 18.3 Å². The zero-order chi connectivity index (χ0) is 14.5. The third-order valence-corrected chi connectivity index (χ3v) is 4.21. The second-order valence-electron chi connectivity index (χ2n) is 5.07. The van der Waals surface area contributed by atoms with Crippen LogP contribution >= 0.6 is 11.3 Å². The van der Waals surface area contributed by atoms with Crippen molar-refractivity contribution in [3.8, 4) is 0 Å². The molecule has 2 heterocycles. The number of morpholine rings is 1. The Hall–Kier alpha value is -1.14. The Labute approximate surface area is 123 Å². The van der Waals surface area contributed by atoms with Gasteiger partial charge in [0.2, 0.25) is 0 Å². The minimum atomic E-state index is -0.157. The molecule has 1 aliphatic heterocycles. The van der Waals surface area contributed by atoms with E-state index in [1.165, 1.54) is 0 Å². The number of esters is 1. The topological polar surface area (TPSA) is 51.7 Å². The van der Waals surface area contributed by atoms with Gasteiger partial charge in [-0.1, -0.05) is 0 Å². The summed E-state index contributed by atoms with van der Waals surface area (Å²) in [7, 11) is 0. The smallest absolute Gasteiger partial charge is 0.306 e. The number of aromatic nitrogens is 1. The van der Waals surface area contributed by atoms with Gasteiger partial charge in [-0.15, -0.1) is 11.3 Å². The Kier molecular flexibility index (Phi) is 5.37. The van der Waals surface area contributed by atoms with E-state index in [0.29, 0.717) is 25.5 Å². The van der Waals surface area contributed by atoms with Crippen LogP contribution in [0, 0.1) is 0 Å². The summed E-state index contributed by atoms with van der Waals surface area (Å²) < 4.78 is 10.6. The fourth-order valence-corrected chi connectivity index (χ4v) is 3.15. The first kappa shape index (κ1) is 15.3. The largest absolute Gasteiger partial charge is 0.466 e. The van der Waals surface area contributed by atoms with Crippen LogP contribution in [0.15, 0.2) is 5.38 Å². The molecule has 2 rings (SSSR count). The predicted octanol–water partition coefficient (Wildman–Crippen LogP) is 2.25. The average molecular weight is 298 g/mol. The fraction of sp³-hybridized carbons (Fsp3) is 0.714. The molecule has 2 atom stereocenters. The highest BCUT2D eigenvalue weighted by Crippen LogP contribution is 2.26. The molecule has 2 unspecified atom stereocenters. The van der Waals surface area contributed by atoms with Crippen molar-refractivity contribution in [3.63, 3.8) is 0 Å². The molecule has 5 nitrogen and oxygen atoms in total. The summed E-state index contributed by atoms with van der Waals surface area (Å²) in [5.41, 5.74) is 0.962. The summed E-state index contributed by atoms with van der Waals surface area (Å²) in [6.07, 6.45) is 1.27. The fourth-order valence-electron chi connectivity index (χ4n) is 2.18. The first-order chi connectivity index (χ1) is 9.60. The van der Waals surface area contributed by atoms with E-state index >= 15 is 0 Å². The molecule has 1 aromatic heterocycles. The monoisotopic (exact) mass is 298 g/mol. The zero-order valence-corrected chi connectivity index (χ0v) is 13.1. The molecule has 20 heavy (non-hydrogen) atoms. The van der Waals surface area contributed by atoms with Crippen LogP contribution in [0.25, 0.3) is 0 Å². The molecular formula is C14H22N2O3S. The Morgan fingerprint density at radius 3 is 3.15 bits per heavy atom. The highest BCUT2D eigenvalue weighted by Gasteiger charge is 2.25. The maximum atomic E-state index is 11.3. The minimum absolute atomic E-state index is 0.157. The maximum Gasteiger partial charge on any atom is 0.306 e. The maximum absolute atomic E-state index is 11.3. The number of thiazole rings is 1. The minimum Gasteiger partial charge on any atom is -0.466 e. The highest BCUT2D eigenvalue weighted by atomic mass is 32.1. The van der Waals surface area contributed by atoms with Gasteiger partial charge in [0.25, 0.3) is 0 Å². The molecule has 1 aliphatic rings. The van der Waals surface area contributed by atoms with E-state index in [1.54, 1.807) is 11.3 Å². The van der Waals surface area contributed by atoms with Gasteiger partial charge in [0.15, 0.2) is 5.13 Å². The molecule has 6 heteroatoms. The van der Waals surface area contributed by atoms with Crippen molar-refractivity contribution in [3.05, 3.63) is 11.1 Å². The van der Waals surface area contributed by atoms with Crippen LogP contribution in [0.4, 0.5) is 5.13 Å².